The fourth-order valence-corrected chi connectivity index (χ4v) is 13.5. The van der Waals surface area contributed by atoms with Gasteiger partial charge in [-0.1, -0.05) is 301 Å². The number of ether oxygens (including phenoxy) is 1. The molecule has 2 aliphatic heterocycles. The average molecular weight is 1160 g/mol. The number of β-lactam (4-membered cyclic amide) rings is 1. The summed E-state index contributed by atoms with van der Waals surface area (Å²) < 4.78 is 6.65. The van der Waals surface area contributed by atoms with Crippen molar-refractivity contribution in [2.24, 2.45) is 5.16 Å². The lowest BCUT2D eigenvalue weighted by molar-refractivity contribution is -0.158. The number of halogens is 1. The third kappa shape index (κ3) is 11.1. The average Bonchev–Trinajstić information content (AvgIpc) is 1.73. The standard InChI is InChI=1S/C71H56ClN5O5S2/c72-65-61(74-69(84-65)75-70(52-34-16-4-17-35-52,53-36-18-5-19-37-53)54-38-20-6-21-39-54)62(76-82-71(55-40-22-7-23-41-55,56-42-24-8-25-43-56)57-44-26-9-27-45-57)66(78)73-60-58-46-47-59(83-48-49-28-10-1-11-29-49)63(77(58)67(60)79)68(80)81-64(50-30-12-2-13-31-50)51-32-14-3-15-33-51/h1-45,58,60,64H,46-48H2,(H,73,78)(H,74,75)/b76-62-/t58-,60+/m1/s1. The van der Waals surface area contributed by atoms with E-state index in [2.05, 4.69) is 47.0 Å². The number of aromatic nitrogens is 1. The molecule has 1 saturated heterocycles. The second kappa shape index (κ2) is 25.0. The highest BCUT2D eigenvalue weighted by Crippen LogP contribution is 2.46. The summed E-state index contributed by atoms with van der Waals surface area (Å²) in [4.78, 5) is 60.3. The maximum Gasteiger partial charge on any atom is 0.356 e. The summed E-state index contributed by atoms with van der Waals surface area (Å²) in [6, 6.07) is 86.7. The van der Waals surface area contributed by atoms with Crippen molar-refractivity contribution < 1.29 is 24.0 Å². The number of oxime groups is 1. The monoisotopic (exact) mass is 1160 g/mol. The molecule has 3 heterocycles. The molecule has 1 aromatic heterocycles. The Kier molecular flexibility index (Phi) is 16.5. The zero-order valence-corrected chi connectivity index (χ0v) is 47.8. The predicted octanol–water partition coefficient (Wildman–Crippen LogP) is 14.9. The van der Waals surface area contributed by atoms with Gasteiger partial charge in [0, 0.05) is 27.3 Å². The molecule has 414 valence electrons. The normalized spacial score (nSPS) is 15.2. The molecule has 10 nitrogen and oxygen atoms in total. The third-order valence-electron chi connectivity index (χ3n) is 15.3. The van der Waals surface area contributed by atoms with Crippen LogP contribution >= 0.6 is 34.7 Å². The molecule has 0 spiro atoms. The Labute approximate surface area is 501 Å². The van der Waals surface area contributed by atoms with Crippen molar-refractivity contribution in [3.63, 3.8) is 0 Å². The van der Waals surface area contributed by atoms with Gasteiger partial charge in [-0.2, -0.15) is 0 Å². The smallest absolute Gasteiger partial charge is 0.356 e. The van der Waals surface area contributed by atoms with Crippen LogP contribution in [0.2, 0.25) is 4.34 Å². The van der Waals surface area contributed by atoms with Gasteiger partial charge in [0.2, 0.25) is 5.60 Å². The van der Waals surface area contributed by atoms with Gasteiger partial charge in [0.15, 0.2) is 16.9 Å². The van der Waals surface area contributed by atoms with Crippen LogP contribution < -0.4 is 10.6 Å². The molecule has 9 aromatic carbocycles. The number of esters is 1. The number of nitrogens with one attached hydrogen (secondary N) is 2. The van der Waals surface area contributed by atoms with E-state index >= 15 is 14.4 Å². The minimum absolute atomic E-state index is 0.0248. The number of thiazole rings is 1. The van der Waals surface area contributed by atoms with E-state index in [0.717, 1.165) is 66.3 Å². The molecule has 0 radical (unpaired) electrons. The van der Waals surface area contributed by atoms with Gasteiger partial charge in [0.05, 0.1) is 6.04 Å². The van der Waals surface area contributed by atoms with Crippen LogP contribution in [0.25, 0.3) is 0 Å². The Hall–Kier alpha value is -9.33. The molecule has 0 bridgehead atoms. The number of thioether (sulfide) groups is 1. The molecular formula is C71H56ClN5O5S2. The van der Waals surface area contributed by atoms with Gasteiger partial charge in [-0.05, 0) is 46.2 Å². The third-order valence-corrected chi connectivity index (χ3v) is 17.7. The molecule has 84 heavy (non-hydrogen) atoms. The zero-order chi connectivity index (χ0) is 57.3. The van der Waals surface area contributed by atoms with Crippen molar-refractivity contribution in [2.75, 3.05) is 5.32 Å². The summed E-state index contributed by atoms with van der Waals surface area (Å²) in [6.45, 7) is 0. The Morgan fingerprint density at radius 1 is 0.607 bits per heavy atom. The number of allylic oxidation sites excluding steroid dienone is 1. The van der Waals surface area contributed by atoms with Crippen LogP contribution in [-0.2, 0) is 40.9 Å². The fraction of sp³-hybridized carbons (Fsp3) is 0.113. The zero-order valence-electron chi connectivity index (χ0n) is 45.4. The molecule has 2 aliphatic rings. The van der Waals surface area contributed by atoms with Crippen molar-refractivity contribution in [1.82, 2.24) is 15.2 Å². The highest BCUT2D eigenvalue weighted by molar-refractivity contribution is 8.02. The summed E-state index contributed by atoms with van der Waals surface area (Å²) in [5.41, 5.74) is 5.09. The molecule has 1 fully saturated rings. The van der Waals surface area contributed by atoms with E-state index in [9.17, 15) is 0 Å². The summed E-state index contributed by atoms with van der Waals surface area (Å²) in [5.74, 6) is -1.33. The maximum absolute atomic E-state index is 15.7. The van der Waals surface area contributed by atoms with Crippen LogP contribution in [-0.4, -0.2) is 45.5 Å². The second-order valence-corrected chi connectivity index (χ2v) is 23.0. The molecule has 2 N–H and O–H groups in total. The van der Waals surface area contributed by atoms with Crippen LogP contribution in [0.5, 0.6) is 0 Å². The highest BCUT2D eigenvalue weighted by atomic mass is 35.5. The number of hydrogen-bond acceptors (Lipinski definition) is 10. The van der Waals surface area contributed by atoms with E-state index in [4.69, 9.17) is 31.3 Å². The molecule has 13 heteroatoms. The van der Waals surface area contributed by atoms with Gasteiger partial charge in [0.1, 0.15) is 27.3 Å². The predicted molar refractivity (Wildman–Crippen MR) is 334 cm³/mol. The topological polar surface area (TPSA) is 122 Å². The van der Waals surface area contributed by atoms with Crippen LogP contribution in [0.3, 0.4) is 0 Å². The minimum Gasteiger partial charge on any atom is -0.448 e. The van der Waals surface area contributed by atoms with Crippen LogP contribution in [0, 0.1) is 0 Å². The Morgan fingerprint density at radius 2 is 1.02 bits per heavy atom. The van der Waals surface area contributed by atoms with Crippen molar-refractivity contribution in [1.29, 1.82) is 0 Å². The van der Waals surface area contributed by atoms with Crippen LogP contribution in [0.4, 0.5) is 5.13 Å². The number of carbonyl (C=O) groups is 3. The van der Waals surface area contributed by atoms with E-state index in [-0.39, 0.29) is 21.4 Å². The quantitative estimate of drug-likeness (QED) is 0.0254. The van der Waals surface area contributed by atoms with E-state index in [1.54, 1.807) is 0 Å². The van der Waals surface area contributed by atoms with Crippen LogP contribution in [0.1, 0.15) is 74.7 Å². The summed E-state index contributed by atoms with van der Waals surface area (Å²) in [7, 11) is 0. The maximum atomic E-state index is 15.7. The first-order valence-electron chi connectivity index (χ1n) is 27.7. The first-order valence-corrected chi connectivity index (χ1v) is 29.9. The Balaban J connectivity index is 0.945. The number of rotatable bonds is 20. The Bertz CT molecular complexity index is 3710. The van der Waals surface area contributed by atoms with E-state index < -0.39 is 47.1 Å². The van der Waals surface area contributed by atoms with E-state index in [0.29, 0.717) is 23.7 Å². The Morgan fingerprint density at radius 3 is 1.48 bits per heavy atom. The van der Waals surface area contributed by atoms with Crippen molar-refractivity contribution in [3.05, 3.63) is 344 Å². The molecule has 10 aromatic rings. The lowest BCUT2D eigenvalue weighted by Crippen LogP contribution is -2.72. The number of fused-ring (bicyclic) bond motifs is 1. The van der Waals surface area contributed by atoms with Crippen molar-refractivity contribution >= 4 is 63.3 Å². The first kappa shape index (κ1) is 55.2. The van der Waals surface area contributed by atoms with Gasteiger partial charge in [-0.3, -0.25) is 14.5 Å². The van der Waals surface area contributed by atoms with Gasteiger partial charge in [-0.25, -0.2) is 9.78 Å². The molecule has 12 rings (SSSR count). The van der Waals surface area contributed by atoms with Crippen LogP contribution in [0.15, 0.2) is 289 Å². The van der Waals surface area contributed by atoms with Gasteiger partial charge < -0.3 is 20.2 Å². The fourth-order valence-electron chi connectivity index (χ4n) is 11.3. The van der Waals surface area contributed by atoms with E-state index in [1.807, 2.05) is 237 Å². The largest absolute Gasteiger partial charge is 0.448 e. The SMILES string of the molecule is O=C(OC(c1ccccc1)c1ccccc1)C1=C(SCc2ccccc2)CC[C@@H]2[C@H](NC(=O)/C(=N\OC(c3ccccc3)(c3ccccc3)c3ccccc3)c3nc(NC(c4ccccc4)(c4ccccc4)c4ccccc4)sc3Cl)C(=O)N12. The van der Waals surface area contributed by atoms with E-state index in [1.165, 1.54) is 16.7 Å². The molecular weight excluding hydrogens is 1100 g/mol. The lowest BCUT2D eigenvalue weighted by atomic mass is 9.77. The van der Waals surface area contributed by atoms with Crippen molar-refractivity contribution in [3.8, 4) is 0 Å². The number of anilines is 1. The second-order valence-electron chi connectivity index (χ2n) is 20.3. The molecule has 2 atom stereocenters. The van der Waals surface area contributed by atoms with Gasteiger partial charge in [0.25, 0.3) is 11.8 Å². The summed E-state index contributed by atoms with van der Waals surface area (Å²) in [5, 5.41) is 12.2. The molecule has 0 saturated carbocycles. The number of nitrogens with zero attached hydrogens (tertiary/aromatic N) is 3. The van der Waals surface area contributed by atoms with Crippen molar-refractivity contribution in [2.45, 2.75) is 47.9 Å². The number of hydrogen-bond donors (Lipinski definition) is 2. The number of amides is 2. The number of carbonyl (C=O) groups excluding carboxylic acids is 3. The highest BCUT2D eigenvalue weighted by Gasteiger charge is 2.55. The molecule has 2 amide bonds. The number of benzene rings is 9. The first-order chi connectivity index (χ1) is 41.3. The van der Waals surface area contributed by atoms with Gasteiger partial charge in [-0.15, -0.1) is 11.8 Å². The molecule has 0 unspecified atom stereocenters. The van der Waals surface area contributed by atoms with Gasteiger partial charge >= 0.3 is 5.97 Å². The lowest BCUT2D eigenvalue weighted by Gasteiger charge is -2.50. The minimum atomic E-state index is -1.42. The summed E-state index contributed by atoms with van der Waals surface area (Å²) >= 11 is 10.1. The molecule has 0 aliphatic carbocycles. The summed E-state index contributed by atoms with van der Waals surface area (Å²) in [6.07, 6.45) is 0.120.